The Morgan fingerprint density at radius 1 is 1.40 bits per heavy atom. The minimum absolute atomic E-state index is 0.370. The van der Waals surface area contributed by atoms with Crippen molar-refractivity contribution in [1.82, 2.24) is 0 Å². The molecule has 0 fully saturated rings. The molecule has 0 atom stereocenters. The van der Waals surface area contributed by atoms with Crippen LogP contribution in [0.3, 0.4) is 0 Å². The third kappa shape index (κ3) is 3.62. The van der Waals surface area contributed by atoms with E-state index in [9.17, 15) is 4.79 Å². The first-order chi connectivity index (χ1) is 6.90. The summed E-state index contributed by atoms with van der Waals surface area (Å²) in [5, 5.41) is 0. The summed E-state index contributed by atoms with van der Waals surface area (Å²) < 4.78 is 5.22. The van der Waals surface area contributed by atoms with E-state index >= 15 is 0 Å². The van der Waals surface area contributed by atoms with Crippen LogP contribution in [0, 0.1) is 6.07 Å². The number of anilines is 1. The quantitative estimate of drug-likeness (QED) is 0.707. The zero-order chi connectivity index (χ0) is 11.5. The SMILES string of the molecule is CN(C(=O)OC(C)(C)C)c1[c]cccc1. The van der Waals surface area contributed by atoms with Crippen molar-refractivity contribution in [2.24, 2.45) is 0 Å². The molecule has 3 nitrogen and oxygen atoms in total. The summed E-state index contributed by atoms with van der Waals surface area (Å²) in [4.78, 5) is 13.1. The van der Waals surface area contributed by atoms with E-state index < -0.39 is 5.60 Å². The number of amides is 1. The Kier molecular flexibility index (Phi) is 3.35. The highest BCUT2D eigenvalue weighted by atomic mass is 16.6. The lowest BCUT2D eigenvalue weighted by Gasteiger charge is -2.24. The average molecular weight is 206 g/mol. The first-order valence-corrected chi connectivity index (χ1v) is 4.83. The van der Waals surface area contributed by atoms with E-state index in [4.69, 9.17) is 4.74 Å². The Hall–Kier alpha value is -1.51. The second-order valence-corrected chi connectivity index (χ2v) is 4.29. The molecule has 1 aromatic rings. The number of nitrogens with zero attached hydrogens (tertiary/aromatic N) is 1. The highest BCUT2D eigenvalue weighted by Crippen LogP contribution is 2.15. The van der Waals surface area contributed by atoms with Gasteiger partial charge in [0.2, 0.25) is 0 Å². The maximum atomic E-state index is 11.6. The molecule has 0 aromatic heterocycles. The van der Waals surface area contributed by atoms with E-state index in [1.807, 2.05) is 39.0 Å². The van der Waals surface area contributed by atoms with Gasteiger partial charge in [-0.05, 0) is 26.8 Å². The molecule has 1 amide bonds. The Bertz CT molecular complexity index is 327. The first-order valence-electron chi connectivity index (χ1n) is 4.83. The first kappa shape index (κ1) is 11.6. The summed E-state index contributed by atoms with van der Waals surface area (Å²) in [5.74, 6) is 0. The minimum Gasteiger partial charge on any atom is -0.443 e. The van der Waals surface area contributed by atoms with Gasteiger partial charge in [-0.1, -0.05) is 18.2 Å². The monoisotopic (exact) mass is 206 g/mol. The summed E-state index contributed by atoms with van der Waals surface area (Å²) in [6.07, 6.45) is -0.370. The Balaban J connectivity index is 2.70. The van der Waals surface area contributed by atoms with Crippen molar-refractivity contribution in [2.45, 2.75) is 26.4 Å². The molecule has 1 aromatic carbocycles. The lowest BCUT2D eigenvalue weighted by atomic mass is 10.2. The highest BCUT2D eigenvalue weighted by Gasteiger charge is 2.20. The van der Waals surface area contributed by atoms with Gasteiger partial charge in [0.1, 0.15) is 5.60 Å². The number of ether oxygens (including phenoxy) is 1. The molecule has 15 heavy (non-hydrogen) atoms. The fourth-order valence-electron chi connectivity index (χ4n) is 1.02. The molecule has 0 aliphatic rings. The molecular weight excluding hydrogens is 190 g/mol. The average Bonchev–Trinajstić information content (AvgIpc) is 2.15. The molecule has 0 bridgehead atoms. The summed E-state index contributed by atoms with van der Waals surface area (Å²) in [6, 6.07) is 10.2. The van der Waals surface area contributed by atoms with Crippen molar-refractivity contribution in [3.05, 3.63) is 30.3 Å². The molecular formula is C12H16NO2. The molecule has 0 spiro atoms. The zero-order valence-electron chi connectivity index (χ0n) is 9.57. The molecule has 0 N–H and O–H groups in total. The second kappa shape index (κ2) is 4.34. The molecule has 81 valence electrons. The van der Waals surface area contributed by atoms with Crippen LogP contribution in [0.15, 0.2) is 24.3 Å². The fraction of sp³-hybridized carbons (Fsp3) is 0.417. The number of hydrogen-bond donors (Lipinski definition) is 0. The summed E-state index contributed by atoms with van der Waals surface area (Å²) in [6.45, 7) is 5.52. The van der Waals surface area contributed by atoms with E-state index in [1.54, 1.807) is 13.1 Å². The maximum Gasteiger partial charge on any atom is 0.414 e. The normalized spacial score (nSPS) is 10.9. The molecule has 0 saturated carbocycles. The lowest BCUT2D eigenvalue weighted by molar-refractivity contribution is 0.0589. The van der Waals surface area contributed by atoms with E-state index in [0.717, 1.165) is 0 Å². The van der Waals surface area contributed by atoms with Crippen LogP contribution in [0.4, 0.5) is 10.5 Å². The lowest BCUT2D eigenvalue weighted by Crippen LogP contribution is -2.34. The van der Waals surface area contributed by atoms with E-state index in [-0.39, 0.29) is 6.09 Å². The van der Waals surface area contributed by atoms with Gasteiger partial charge in [0, 0.05) is 13.1 Å². The predicted molar refractivity (Wildman–Crippen MR) is 59.9 cm³/mol. The van der Waals surface area contributed by atoms with Crippen LogP contribution in [-0.2, 0) is 4.74 Å². The number of para-hydroxylation sites is 1. The van der Waals surface area contributed by atoms with Crippen molar-refractivity contribution in [1.29, 1.82) is 0 Å². The van der Waals surface area contributed by atoms with Gasteiger partial charge in [-0.3, -0.25) is 4.90 Å². The van der Waals surface area contributed by atoms with Gasteiger partial charge in [-0.2, -0.15) is 0 Å². The summed E-state index contributed by atoms with van der Waals surface area (Å²) in [5.41, 5.74) is 0.229. The fourth-order valence-corrected chi connectivity index (χ4v) is 1.02. The molecule has 1 radical (unpaired) electrons. The van der Waals surface area contributed by atoms with Crippen molar-refractivity contribution >= 4 is 11.8 Å². The van der Waals surface area contributed by atoms with E-state index in [2.05, 4.69) is 6.07 Å². The van der Waals surface area contributed by atoms with Crippen molar-refractivity contribution in [3.63, 3.8) is 0 Å². The van der Waals surface area contributed by atoms with Gasteiger partial charge in [0.15, 0.2) is 0 Å². The molecule has 1 rings (SSSR count). The van der Waals surface area contributed by atoms with Crippen LogP contribution in [0.2, 0.25) is 0 Å². The number of hydrogen-bond acceptors (Lipinski definition) is 2. The summed E-state index contributed by atoms with van der Waals surface area (Å²) in [7, 11) is 1.67. The smallest absolute Gasteiger partial charge is 0.414 e. The molecule has 0 unspecified atom stereocenters. The predicted octanol–water partition coefficient (Wildman–Crippen LogP) is 2.86. The van der Waals surface area contributed by atoms with Gasteiger partial charge in [0.25, 0.3) is 0 Å². The largest absolute Gasteiger partial charge is 0.443 e. The van der Waals surface area contributed by atoms with E-state index in [0.29, 0.717) is 5.69 Å². The third-order valence-corrected chi connectivity index (χ3v) is 1.72. The molecule has 0 saturated heterocycles. The van der Waals surface area contributed by atoms with Gasteiger partial charge >= 0.3 is 6.09 Å². The Morgan fingerprint density at radius 3 is 2.53 bits per heavy atom. The Morgan fingerprint density at radius 2 is 2.07 bits per heavy atom. The van der Waals surface area contributed by atoms with Gasteiger partial charge in [0.05, 0.1) is 5.69 Å². The number of carbonyl (C=O) groups excluding carboxylic acids is 1. The number of rotatable bonds is 1. The number of carbonyl (C=O) groups is 1. The molecule has 0 heterocycles. The van der Waals surface area contributed by atoms with E-state index in [1.165, 1.54) is 4.90 Å². The molecule has 0 aliphatic heterocycles. The highest BCUT2D eigenvalue weighted by molar-refractivity contribution is 5.86. The minimum atomic E-state index is -0.472. The Labute approximate surface area is 90.7 Å². The van der Waals surface area contributed by atoms with Crippen molar-refractivity contribution in [3.8, 4) is 0 Å². The van der Waals surface area contributed by atoms with Gasteiger partial charge in [-0.15, -0.1) is 0 Å². The molecule has 3 heteroatoms. The van der Waals surface area contributed by atoms with Crippen LogP contribution >= 0.6 is 0 Å². The third-order valence-electron chi connectivity index (χ3n) is 1.72. The summed E-state index contributed by atoms with van der Waals surface area (Å²) >= 11 is 0. The van der Waals surface area contributed by atoms with Crippen LogP contribution in [0.5, 0.6) is 0 Å². The van der Waals surface area contributed by atoms with Crippen molar-refractivity contribution in [2.75, 3.05) is 11.9 Å². The standard InChI is InChI=1S/C12H16NO2/c1-12(2,3)15-11(14)13(4)10-8-6-5-7-9-10/h5-8H,1-4H3. The van der Waals surface area contributed by atoms with Crippen molar-refractivity contribution < 1.29 is 9.53 Å². The zero-order valence-corrected chi connectivity index (χ0v) is 9.57. The maximum absolute atomic E-state index is 11.6. The number of benzene rings is 1. The van der Waals surface area contributed by atoms with Crippen LogP contribution in [-0.4, -0.2) is 18.7 Å². The van der Waals surface area contributed by atoms with Crippen LogP contribution in [0.25, 0.3) is 0 Å². The van der Waals surface area contributed by atoms with Gasteiger partial charge < -0.3 is 4.74 Å². The van der Waals surface area contributed by atoms with Crippen LogP contribution in [0.1, 0.15) is 20.8 Å². The van der Waals surface area contributed by atoms with Gasteiger partial charge in [-0.25, -0.2) is 4.79 Å². The topological polar surface area (TPSA) is 29.5 Å². The molecule has 0 aliphatic carbocycles. The second-order valence-electron chi connectivity index (χ2n) is 4.29. The van der Waals surface area contributed by atoms with Crippen LogP contribution < -0.4 is 4.90 Å².